The maximum atomic E-state index is 13.0. The van der Waals surface area contributed by atoms with E-state index in [0.29, 0.717) is 21.5 Å². The third-order valence-corrected chi connectivity index (χ3v) is 4.64. The fourth-order valence-corrected chi connectivity index (χ4v) is 3.19. The van der Waals surface area contributed by atoms with Gasteiger partial charge in [0.05, 0.1) is 5.39 Å². The second-order valence-electron chi connectivity index (χ2n) is 5.52. The standard InChI is InChI=1S/C18H11FN4O3S/c19-12-7-5-11(6-8-12)16-20-15(9-27-16)18(25)26-10-23-17(24)13-3-1-2-4-14(13)21-22-23/h1-9H,10H2. The Labute approximate surface area is 155 Å². The summed E-state index contributed by atoms with van der Waals surface area (Å²) in [5.74, 6) is -1.04. The minimum atomic E-state index is -0.693. The zero-order chi connectivity index (χ0) is 18.8. The smallest absolute Gasteiger partial charge is 0.359 e. The van der Waals surface area contributed by atoms with Gasteiger partial charge in [-0.05, 0) is 36.4 Å². The molecule has 0 amide bonds. The van der Waals surface area contributed by atoms with Gasteiger partial charge in [0.1, 0.15) is 16.3 Å². The van der Waals surface area contributed by atoms with Gasteiger partial charge in [-0.2, -0.15) is 4.68 Å². The highest BCUT2D eigenvalue weighted by Crippen LogP contribution is 2.24. The molecular weight excluding hydrogens is 371 g/mol. The van der Waals surface area contributed by atoms with Crippen LogP contribution in [-0.2, 0) is 11.5 Å². The lowest BCUT2D eigenvalue weighted by molar-refractivity contribution is 0.0330. The summed E-state index contributed by atoms with van der Waals surface area (Å²) in [7, 11) is 0. The van der Waals surface area contributed by atoms with Crippen LogP contribution >= 0.6 is 11.3 Å². The molecule has 0 unspecified atom stereocenters. The van der Waals surface area contributed by atoms with Crippen LogP contribution in [-0.4, -0.2) is 25.9 Å². The lowest BCUT2D eigenvalue weighted by atomic mass is 10.2. The Kier molecular flexibility index (Phi) is 4.43. The number of esters is 1. The van der Waals surface area contributed by atoms with E-state index in [4.69, 9.17) is 4.74 Å². The molecule has 0 N–H and O–H groups in total. The average molecular weight is 382 g/mol. The molecule has 0 aliphatic carbocycles. The van der Waals surface area contributed by atoms with E-state index in [1.54, 1.807) is 36.4 Å². The first-order chi connectivity index (χ1) is 13.1. The van der Waals surface area contributed by atoms with Crippen molar-refractivity contribution in [2.45, 2.75) is 6.73 Å². The van der Waals surface area contributed by atoms with Gasteiger partial charge in [0.15, 0.2) is 12.4 Å². The lowest BCUT2D eigenvalue weighted by Gasteiger charge is -2.05. The van der Waals surface area contributed by atoms with Crippen molar-refractivity contribution >= 4 is 28.2 Å². The van der Waals surface area contributed by atoms with Crippen LogP contribution in [0.25, 0.3) is 21.5 Å². The van der Waals surface area contributed by atoms with E-state index in [1.807, 2.05) is 0 Å². The maximum Gasteiger partial charge on any atom is 0.359 e. The number of fused-ring (bicyclic) bond motifs is 1. The third-order valence-electron chi connectivity index (χ3n) is 3.75. The van der Waals surface area contributed by atoms with Crippen LogP contribution in [0, 0.1) is 5.82 Å². The first kappa shape index (κ1) is 17.0. The Bertz CT molecular complexity index is 1190. The van der Waals surface area contributed by atoms with Gasteiger partial charge < -0.3 is 4.74 Å². The Balaban J connectivity index is 1.49. The number of carbonyl (C=O) groups is 1. The highest BCUT2D eigenvalue weighted by atomic mass is 32.1. The SMILES string of the molecule is O=C(OCn1nnc2ccccc2c1=O)c1csc(-c2ccc(F)cc2)n1. The van der Waals surface area contributed by atoms with Crippen LogP contribution in [0.5, 0.6) is 0 Å². The van der Waals surface area contributed by atoms with E-state index in [9.17, 15) is 14.0 Å². The summed E-state index contributed by atoms with van der Waals surface area (Å²) < 4.78 is 19.1. The number of nitrogens with zero attached hydrogens (tertiary/aromatic N) is 4. The van der Waals surface area contributed by atoms with E-state index in [2.05, 4.69) is 15.3 Å². The molecule has 4 aromatic rings. The summed E-state index contributed by atoms with van der Waals surface area (Å²) in [5, 5.41) is 10.2. The maximum absolute atomic E-state index is 13.0. The molecule has 0 radical (unpaired) electrons. The molecule has 0 bridgehead atoms. The van der Waals surface area contributed by atoms with Gasteiger partial charge in [0.25, 0.3) is 5.56 Å². The Morgan fingerprint density at radius 1 is 1.15 bits per heavy atom. The van der Waals surface area contributed by atoms with Gasteiger partial charge in [0.2, 0.25) is 0 Å². The third kappa shape index (κ3) is 3.44. The van der Waals surface area contributed by atoms with Crippen LogP contribution < -0.4 is 5.56 Å². The quantitative estimate of drug-likeness (QED) is 0.505. The number of ether oxygens (including phenoxy) is 1. The van der Waals surface area contributed by atoms with E-state index < -0.39 is 11.5 Å². The average Bonchev–Trinajstić information content (AvgIpc) is 3.18. The number of hydrogen-bond donors (Lipinski definition) is 0. The molecule has 0 saturated heterocycles. The molecule has 0 aliphatic heterocycles. The summed E-state index contributed by atoms with van der Waals surface area (Å²) in [4.78, 5) is 28.7. The lowest BCUT2D eigenvalue weighted by Crippen LogP contribution is -2.26. The molecule has 0 atom stereocenters. The van der Waals surface area contributed by atoms with Gasteiger partial charge in [-0.1, -0.05) is 17.3 Å². The summed E-state index contributed by atoms with van der Waals surface area (Å²) >= 11 is 1.23. The van der Waals surface area contributed by atoms with Gasteiger partial charge >= 0.3 is 5.97 Å². The molecule has 9 heteroatoms. The molecule has 0 aliphatic rings. The number of thiazole rings is 1. The second-order valence-corrected chi connectivity index (χ2v) is 6.38. The van der Waals surface area contributed by atoms with Gasteiger partial charge in [-0.15, -0.1) is 16.4 Å². The highest BCUT2D eigenvalue weighted by Gasteiger charge is 2.14. The summed E-state index contributed by atoms with van der Waals surface area (Å²) in [6, 6.07) is 12.6. The van der Waals surface area contributed by atoms with E-state index >= 15 is 0 Å². The van der Waals surface area contributed by atoms with Crippen molar-refractivity contribution in [3.05, 3.63) is 75.8 Å². The zero-order valence-electron chi connectivity index (χ0n) is 13.7. The van der Waals surface area contributed by atoms with Crippen LogP contribution in [0.4, 0.5) is 4.39 Å². The number of aromatic nitrogens is 4. The van der Waals surface area contributed by atoms with Crippen LogP contribution in [0.3, 0.4) is 0 Å². The Hall–Kier alpha value is -3.46. The van der Waals surface area contributed by atoms with Crippen molar-refractivity contribution < 1.29 is 13.9 Å². The van der Waals surface area contributed by atoms with Gasteiger partial charge in [0, 0.05) is 10.9 Å². The van der Waals surface area contributed by atoms with Crippen LogP contribution in [0.2, 0.25) is 0 Å². The molecule has 27 heavy (non-hydrogen) atoms. The molecule has 2 aromatic carbocycles. The Morgan fingerprint density at radius 2 is 1.93 bits per heavy atom. The molecule has 0 spiro atoms. The van der Waals surface area contributed by atoms with Gasteiger partial charge in [-0.25, -0.2) is 14.2 Å². The van der Waals surface area contributed by atoms with Crippen molar-refractivity contribution in [2.75, 3.05) is 0 Å². The molecular formula is C18H11FN4O3S. The van der Waals surface area contributed by atoms with Crippen LogP contribution in [0.1, 0.15) is 10.5 Å². The predicted molar refractivity (Wildman–Crippen MR) is 96.7 cm³/mol. The topological polar surface area (TPSA) is 87.0 Å². The predicted octanol–water partition coefficient (Wildman–Crippen LogP) is 2.87. The van der Waals surface area contributed by atoms with Crippen molar-refractivity contribution in [1.29, 1.82) is 0 Å². The fourth-order valence-electron chi connectivity index (χ4n) is 2.39. The minimum Gasteiger partial charge on any atom is -0.437 e. The van der Waals surface area contributed by atoms with Gasteiger partial charge in [-0.3, -0.25) is 4.79 Å². The molecule has 4 rings (SSSR count). The monoisotopic (exact) mass is 382 g/mol. The molecule has 2 heterocycles. The van der Waals surface area contributed by atoms with E-state index in [-0.39, 0.29) is 18.2 Å². The molecule has 7 nitrogen and oxygen atoms in total. The molecule has 0 saturated carbocycles. The first-order valence-corrected chi connectivity index (χ1v) is 8.71. The number of carbonyl (C=O) groups excluding carboxylic acids is 1. The number of hydrogen-bond acceptors (Lipinski definition) is 7. The Morgan fingerprint density at radius 3 is 2.74 bits per heavy atom. The van der Waals surface area contributed by atoms with Crippen molar-refractivity contribution in [3.63, 3.8) is 0 Å². The number of benzene rings is 2. The zero-order valence-corrected chi connectivity index (χ0v) is 14.5. The number of halogens is 1. The normalized spacial score (nSPS) is 10.9. The summed E-state index contributed by atoms with van der Waals surface area (Å²) in [6.45, 7) is -0.376. The second kappa shape index (κ2) is 7.04. The van der Waals surface area contributed by atoms with Crippen molar-refractivity contribution in [3.8, 4) is 10.6 Å². The fraction of sp³-hybridized carbons (Fsp3) is 0.0556. The van der Waals surface area contributed by atoms with Crippen molar-refractivity contribution in [1.82, 2.24) is 20.0 Å². The molecule has 0 fully saturated rings. The summed E-state index contributed by atoms with van der Waals surface area (Å²) in [6.07, 6.45) is 0. The largest absolute Gasteiger partial charge is 0.437 e. The van der Waals surface area contributed by atoms with E-state index in [0.717, 1.165) is 4.68 Å². The van der Waals surface area contributed by atoms with E-state index in [1.165, 1.54) is 28.8 Å². The minimum absolute atomic E-state index is 0.0983. The van der Waals surface area contributed by atoms with Crippen molar-refractivity contribution in [2.24, 2.45) is 0 Å². The highest BCUT2D eigenvalue weighted by molar-refractivity contribution is 7.13. The molecule has 134 valence electrons. The van der Waals surface area contributed by atoms with Crippen LogP contribution in [0.15, 0.2) is 58.7 Å². The number of rotatable bonds is 4. The first-order valence-electron chi connectivity index (χ1n) is 7.83. The molecule has 2 aromatic heterocycles. The summed E-state index contributed by atoms with van der Waals surface area (Å²) in [5.41, 5.74) is 0.852.